The molecule has 0 N–H and O–H groups in total. The fourth-order valence-corrected chi connectivity index (χ4v) is 8.93. The largest absolute Gasteiger partial charge is 0.456 e. The summed E-state index contributed by atoms with van der Waals surface area (Å²) in [6.07, 6.45) is 0. The molecule has 0 atom stereocenters. The third kappa shape index (κ3) is 5.34. The molecule has 8 aromatic carbocycles. The Bertz CT molecular complexity index is 3150. The molecule has 0 bridgehead atoms. The molecule has 11 aromatic rings. The van der Waals surface area contributed by atoms with Crippen LogP contribution in [0.3, 0.4) is 0 Å². The Morgan fingerprint density at radius 1 is 0.382 bits per heavy atom. The number of furan rings is 1. The lowest BCUT2D eigenvalue weighted by atomic mass is 9.98. The number of rotatable bonds is 6. The minimum Gasteiger partial charge on any atom is -0.456 e. The lowest BCUT2D eigenvalue weighted by molar-refractivity contribution is 0.669. The highest BCUT2D eigenvalue weighted by molar-refractivity contribution is 7.26. The molecule has 0 unspecified atom stereocenters. The molecule has 0 saturated heterocycles. The molecule has 11 rings (SSSR count). The average molecular weight is 723 g/mol. The van der Waals surface area contributed by atoms with Gasteiger partial charge in [0.25, 0.3) is 0 Å². The average Bonchev–Trinajstić information content (AvgIpc) is 3.83. The van der Waals surface area contributed by atoms with Crippen LogP contribution >= 0.6 is 11.3 Å². The fraction of sp³-hybridized carbons (Fsp3) is 0. The molecule has 0 aliphatic heterocycles. The number of aromatic nitrogens is 3. The van der Waals surface area contributed by atoms with Crippen LogP contribution in [0.5, 0.6) is 0 Å². The highest BCUT2D eigenvalue weighted by Crippen LogP contribution is 2.46. The van der Waals surface area contributed by atoms with Crippen molar-refractivity contribution in [2.24, 2.45) is 0 Å². The van der Waals surface area contributed by atoms with Gasteiger partial charge in [0.05, 0.1) is 0 Å². The summed E-state index contributed by atoms with van der Waals surface area (Å²) in [5.74, 6) is 1.92. The van der Waals surface area contributed by atoms with Gasteiger partial charge in [0.15, 0.2) is 17.5 Å². The summed E-state index contributed by atoms with van der Waals surface area (Å²) >= 11 is 1.82. The van der Waals surface area contributed by atoms with Crippen molar-refractivity contribution in [3.8, 4) is 34.2 Å². The Labute approximate surface area is 320 Å². The molecular formula is C49H30N4OS. The maximum atomic E-state index is 6.38. The molecule has 0 aliphatic rings. The first-order valence-electron chi connectivity index (χ1n) is 18.3. The molecule has 258 valence electrons. The SMILES string of the molecule is c1ccc(-c2nc(-c3ccccc3)nc(-c3cc4c5ccccc5sc4c4cc(N(c5ccccc5)c5ccc6c(c5)oc5ccccc56)ccc34)n2)cc1. The number of benzene rings is 8. The van der Waals surface area contributed by atoms with Gasteiger partial charge in [0.1, 0.15) is 11.2 Å². The quantitative estimate of drug-likeness (QED) is 0.171. The van der Waals surface area contributed by atoms with Gasteiger partial charge in [-0.2, -0.15) is 0 Å². The topological polar surface area (TPSA) is 55.1 Å². The molecule has 0 aliphatic carbocycles. The standard InChI is InChI=1S/C49H30N4OS/c1-4-14-31(15-5-1)47-50-48(32-16-6-2-7-17-32)52-49(51-47)42-30-41-39-21-11-13-23-45(39)55-46(41)40-28-34(24-26-36(40)42)53(33-18-8-3-9-19-33)35-25-27-38-37-20-10-12-22-43(37)54-44(38)29-35/h1-30H. The molecule has 0 radical (unpaired) electrons. The molecule has 55 heavy (non-hydrogen) atoms. The fourth-order valence-electron chi connectivity index (χ4n) is 7.72. The number of anilines is 3. The van der Waals surface area contributed by atoms with Crippen LogP contribution in [0.4, 0.5) is 17.1 Å². The Kier molecular flexibility index (Phi) is 7.28. The van der Waals surface area contributed by atoms with Crippen LogP contribution in [0.1, 0.15) is 0 Å². The van der Waals surface area contributed by atoms with E-state index in [4.69, 9.17) is 19.4 Å². The van der Waals surface area contributed by atoms with Crippen molar-refractivity contribution in [1.29, 1.82) is 0 Å². The molecule has 0 spiro atoms. The Balaban J connectivity index is 1.17. The van der Waals surface area contributed by atoms with Crippen LogP contribution in [0.25, 0.3) is 87.0 Å². The van der Waals surface area contributed by atoms with Gasteiger partial charge < -0.3 is 9.32 Å². The van der Waals surface area contributed by atoms with Gasteiger partial charge in [-0.25, -0.2) is 15.0 Å². The van der Waals surface area contributed by atoms with E-state index in [1.807, 2.05) is 59.9 Å². The smallest absolute Gasteiger partial charge is 0.164 e. The van der Waals surface area contributed by atoms with E-state index in [-0.39, 0.29) is 0 Å². The highest BCUT2D eigenvalue weighted by Gasteiger charge is 2.21. The molecule has 3 aromatic heterocycles. The van der Waals surface area contributed by atoms with Gasteiger partial charge in [-0.15, -0.1) is 11.3 Å². The summed E-state index contributed by atoms with van der Waals surface area (Å²) in [4.78, 5) is 17.7. The van der Waals surface area contributed by atoms with Crippen LogP contribution in [0, 0.1) is 0 Å². The first kappa shape index (κ1) is 31.4. The number of thiophene rings is 1. The minimum atomic E-state index is 0.637. The van der Waals surface area contributed by atoms with Gasteiger partial charge in [-0.3, -0.25) is 0 Å². The lowest BCUT2D eigenvalue weighted by Crippen LogP contribution is -2.09. The Morgan fingerprint density at radius 3 is 1.65 bits per heavy atom. The predicted molar refractivity (Wildman–Crippen MR) is 228 cm³/mol. The van der Waals surface area contributed by atoms with Crippen molar-refractivity contribution in [2.45, 2.75) is 0 Å². The van der Waals surface area contributed by atoms with E-state index in [1.54, 1.807) is 0 Å². The van der Waals surface area contributed by atoms with Crippen molar-refractivity contribution in [1.82, 2.24) is 15.0 Å². The van der Waals surface area contributed by atoms with E-state index < -0.39 is 0 Å². The minimum absolute atomic E-state index is 0.637. The molecule has 6 heteroatoms. The van der Waals surface area contributed by atoms with E-state index in [2.05, 4.69) is 138 Å². The van der Waals surface area contributed by atoms with Crippen molar-refractivity contribution in [2.75, 3.05) is 4.90 Å². The van der Waals surface area contributed by atoms with Gasteiger partial charge >= 0.3 is 0 Å². The molecule has 0 amide bonds. The summed E-state index contributed by atoms with van der Waals surface area (Å²) in [6.45, 7) is 0. The van der Waals surface area contributed by atoms with Gasteiger partial charge in [-0.1, -0.05) is 121 Å². The highest BCUT2D eigenvalue weighted by atomic mass is 32.1. The van der Waals surface area contributed by atoms with Crippen molar-refractivity contribution in [3.63, 3.8) is 0 Å². The van der Waals surface area contributed by atoms with Crippen LogP contribution < -0.4 is 4.90 Å². The first-order chi connectivity index (χ1) is 27.2. The van der Waals surface area contributed by atoms with E-state index in [0.717, 1.165) is 66.5 Å². The van der Waals surface area contributed by atoms with E-state index in [9.17, 15) is 0 Å². The first-order valence-corrected chi connectivity index (χ1v) is 19.1. The molecular weight excluding hydrogens is 693 g/mol. The second-order valence-corrected chi connectivity index (χ2v) is 14.7. The zero-order chi connectivity index (χ0) is 36.3. The van der Waals surface area contributed by atoms with E-state index in [1.165, 1.54) is 20.2 Å². The third-order valence-electron chi connectivity index (χ3n) is 10.3. The summed E-state index contributed by atoms with van der Waals surface area (Å²) in [5, 5.41) is 6.83. The lowest BCUT2D eigenvalue weighted by Gasteiger charge is -2.26. The monoisotopic (exact) mass is 722 g/mol. The number of hydrogen-bond acceptors (Lipinski definition) is 6. The van der Waals surface area contributed by atoms with E-state index in [0.29, 0.717) is 17.5 Å². The molecule has 5 nitrogen and oxygen atoms in total. The van der Waals surface area contributed by atoms with E-state index >= 15 is 0 Å². The van der Waals surface area contributed by atoms with Crippen molar-refractivity contribution in [3.05, 3.63) is 182 Å². The molecule has 0 saturated carbocycles. The zero-order valence-electron chi connectivity index (χ0n) is 29.4. The number of nitrogens with zero attached hydrogens (tertiary/aromatic N) is 4. The summed E-state index contributed by atoms with van der Waals surface area (Å²) in [7, 11) is 0. The zero-order valence-corrected chi connectivity index (χ0v) is 30.2. The number of fused-ring (bicyclic) bond motifs is 8. The van der Waals surface area contributed by atoms with Crippen LogP contribution in [0.2, 0.25) is 0 Å². The molecule has 3 heterocycles. The van der Waals surface area contributed by atoms with Gasteiger partial charge in [0, 0.05) is 76.1 Å². The second kappa shape index (κ2) is 12.8. The van der Waals surface area contributed by atoms with Crippen LogP contribution in [-0.2, 0) is 0 Å². The van der Waals surface area contributed by atoms with Crippen molar-refractivity contribution < 1.29 is 4.42 Å². The normalized spacial score (nSPS) is 11.6. The van der Waals surface area contributed by atoms with Gasteiger partial charge in [0.2, 0.25) is 0 Å². The Morgan fingerprint density at radius 2 is 0.927 bits per heavy atom. The summed E-state index contributed by atoms with van der Waals surface area (Å²) < 4.78 is 8.84. The predicted octanol–water partition coefficient (Wildman–Crippen LogP) is 13.8. The maximum absolute atomic E-state index is 6.38. The third-order valence-corrected chi connectivity index (χ3v) is 11.5. The second-order valence-electron chi connectivity index (χ2n) is 13.6. The van der Waals surface area contributed by atoms with Crippen molar-refractivity contribution >= 4 is 81.3 Å². The van der Waals surface area contributed by atoms with Crippen LogP contribution in [0.15, 0.2) is 186 Å². The summed E-state index contributed by atoms with van der Waals surface area (Å²) in [6, 6.07) is 63.2. The number of para-hydroxylation sites is 2. The number of hydrogen-bond donors (Lipinski definition) is 0. The summed E-state index contributed by atoms with van der Waals surface area (Å²) in [5.41, 5.74) is 7.69. The van der Waals surface area contributed by atoms with Crippen LogP contribution in [-0.4, -0.2) is 15.0 Å². The molecule has 0 fully saturated rings. The van der Waals surface area contributed by atoms with Gasteiger partial charge in [-0.05, 0) is 60.0 Å². The Hall–Kier alpha value is -7.15. The maximum Gasteiger partial charge on any atom is 0.164 e.